The fraction of sp³-hybridized carbons (Fsp3) is 0.370. The average Bonchev–Trinajstić information content (AvgIpc) is 3.16. The quantitative estimate of drug-likeness (QED) is 0.374. The predicted molar refractivity (Wildman–Crippen MR) is 145 cm³/mol. The third-order valence-corrected chi connectivity index (χ3v) is 6.80. The van der Waals surface area contributed by atoms with Gasteiger partial charge in [-0.1, -0.05) is 12.1 Å². The summed E-state index contributed by atoms with van der Waals surface area (Å²) in [4.78, 5) is 34.6. The zero-order valence-corrected chi connectivity index (χ0v) is 21.4. The maximum absolute atomic E-state index is 13.2. The van der Waals surface area contributed by atoms with Crippen molar-refractivity contribution in [3.63, 3.8) is 0 Å². The smallest absolute Gasteiger partial charge is 0.278 e. The second-order valence-corrected chi connectivity index (χ2v) is 9.71. The number of hydrogen-bond acceptors (Lipinski definition) is 7. The number of anilines is 2. The first-order valence-corrected chi connectivity index (χ1v) is 12.7. The molecular formula is C27H32N8O2. The number of benzene rings is 1. The van der Waals surface area contributed by atoms with Crippen LogP contribution in [0.4, 0.5) is 11.6 Å². The van der Waals surface area contributed by atoms with Crippen LogP contribution in [-0.2, 0) is 6.54 Å². The second-order valence-electron chi connectivity index (χ2n) is 9.71. The number of allylic oxidation sites excluding steroid dienone is 1. The Kier molecular flexibility index (Phi) is 6.75. The van der Waals surface area contributed by atoms with Crippen molar-refractivity contribution in [1.82, 2.24) is 34.4 Å². The van der Waals surface area contributed by atoms with Gasteiger partial charge in [-0.2, -0.15) is 4.98 Å². The lowest BCUT2D eigenvalue weighted by Crippen LogP contribution is -2.28. The largest absolute Gasteiger partial charge is 0.324 e. The molecule has 10 nitrogen and oxygen atoms in total. The van der Waals surface area contributed by atoms with E-state index in [0.717, 1.165) is 31.6 Å². The topological polar surface area (TPSA) is 112 Å². The highest BCUT2D eigenvalue weighted by molar-refractivity contribution is 5.77. The highest BCUT2D eigenvalue weighted by atomic mass is 16.1. The minimum Gasteiger partial charge on any atom is -0.324 e. The van der Waals surface area contributed by atoms with E-state index in [2.05, 4.69) is 46.4 Å². The molecule has 37 heavy (non-hydrogen) atoms. The number of nitrogens with zero attached hydrogens (tertiary/aromatic N) is 6. The number of fused-ring (bicyclic) bond motifs is 1. The lowest BCUT2D eigenvalue weighted by atomic mass is 9.87. The third-order valence-electron chi connectivity index (χ3n) is 6.80. The molecule has 10 heteroatoms. The van der Waals surface area contributed by atoms with Crippen molar-refractivity contribution in [2.24, 2.45) is 0 Å². The molecule has 2 N–H and O–H groups in total. The van der Waals surface area contributed by atoms with E-state index >= 15 is 0 Å². The molecule has 4 aromatic rings. The van der Waals surface area contributed by atoms with Crippen molar-refractivity contribution in [3.05, 3.63) is 81.0 Å². The molecule has 0 saturated carbocycles. The molecule has 3 aromatic heterocycles. The SMILES string of the molecule is C=CCn1c(=O)c2cnc(Nc3ccc(C4CCNCC4)c(C)c3)nc2n1-c1ccc(=O)n(C(C)C)n1. The Morgan fingerprint density at radius 1 is 1.19 bits per heavy atom. The molecule has 0 amide bonds. The summed E-state index contributed by atoms with van der Waals surface area (Å²) in [7, 11) is 0. The van der Waals surface area contributed by atoms with Crippen LogP contribution in [0, 0.1) is 6.92 Å². The monoisotopic (exact) mass is 500 g/mol. The van der Waals surface area contributed by atoms with Crippen LogP contribution in [0.5, 0.6) is 0 Å². The molecule has 5 rings (SSSR count). The molecule has 1 aliphatic heterocycles. The molecule has 1 aliphatic rings. The lowest BCUT2D eigenvalue weighted by Gasteiger charge is -2.24. The molecule has 0 spiro atoms. The number of rotatable bonds is 7. The Bertz CT molecular complexity index is 1570. The highest BCUT2D eigenvalue weighted by Crippen LogP contribution is 2.30. The van der Waals surface area contributed by atoms with E-state index in [9.17, 15) is 9.59 Å². The fourth-order valence-electron chi connectivity index (χ4n) is 4.98. The van der Waals surface area contributed by atoms with Gasteiger partial charge in [0, 0.05) is 18.0 Å². The zero-order chi connectivity index (χ0) is 26.1. The Balaban J connectivity index is 1.56. The van der Waals surface area contributed by atoms with Gasteiger partial charge in [-0.3, -0.25) is 9.59 Å². The molecule has 0 aliphatic carbocycles. The number of nitrogens with one attached hydrogen (secondary N) is 2. The van der Waals surface area contributed by atoms with E-state index in [1.165, 1.54) is 32.8 Å². The van der Waals surface area contributed by atoms with E-state index in [0.29, 0.717) is 28.7 Å². The van der Waals surface area contributed by atoms with E-state index in [1.807, 2.05) is 19.9 Å². The van der Waals surface area contributed by atoms with E-state index in [4.69, 9.17) is 4.98 Å². The van der Waals surface area contributed by atoms with Gasteiger partial charge in [0.15, 0.2) is 11.5 Å². The summed E-state index contributed by atoms with van der Waals surface area (Å²) in [5, 5.41) is 11.6. The summed E-state index contributed by atoms with van der Waals surface area (Å²) in [6.45, 7) is 12.0. The van der Waals surface area contributed by atoms with Gasteiger partial charge in [-0.15, -0.1) is 11.7 Å². The van der Waals surface area contributed by atoms with E-state index in [1.54, 1.807) is 16.8 Å². The van der Waals surface area contributed by atoms with Gasteiger partial charge < -0.3 is 10.6 Å². The summed E-state index contributed by atoms with van der Waals surface area (Å²) in [6.07, 6.45) is 5.45. The van der Waals surface area contributed by atoms with Gasteiger partial charge in [-0.05, 0) is 81.9 Å². The van der Waals surface area contributed by atoms with Gasteiger partial charge in [0.05, 0.1) is 12.6 Å². The average molecular weight is 501 g/mol. The van der Waals surface area contributed by atoms with Crippen LogP contribution in [0.1, 0.15) is 49.8 Å². The van der Waals surface area contributed by atoms with Crippen molar-refractivity contribution in [2.75, 3.05) is 18.4 Å². The normalized spacial score (nSPS) is 14.4. The van der Waals surface area contributed by atoms with Gasteiger partial charge in [-0.25, -0.2) is 19.0 Å². The van der Waals surface area contributed by atoms with Crippen LogP contribution in [-0.4, -0.2) is 42.2 Å². The van der Waals surface area contributed by atoms with Gasteiger partial charge in [0.1, 0.15) is 5.39 Å². The molecule has 1 saturated heterocycles. The van der Waals surface area contributed by atoms with Gasteiger partial charge in [0.25, 0.3) is 11.1 Å². The van der Waals surface area contributed by atoms with Crippen LogP contribution >= 0.6 is 0 Å². The van der Waals surface area contributed by atoms with Crippen molar-refractivity contribution in [3.8, 4) is 5.82 Å². The maximum atomic E-state index is 13.2. The molecular weight excluding hydrogens is 468 g/mol. The van der Waals surface area contributed by atoms with Crippen LogP contribution in [0.15, 0.2) is 58.8 Å². The van der Waals surface area contributed by atoms with Crippen molar-refractivity contribution in [2.45, 2.75) is 52.1 Å². The molecule has 192 valence electrons. The van der Waals surface area contributed by atoms with Gasteiger partial charge in [0.2, 0.25) is 5.95 Å². The Morgan fingerprint density at radius 3 is 2.68 bits per heavy atom. The van der Waals surface area contributed by atoms with E-state index in [-0.39, 0.29) is 23.7 Å². The van der Waals surface area contributed by atoms with Crippen LogP contribution in [0.3, 0.4) is 0 Å². The summed E-state index contributed by atoms with van der Waals surface area (Å²) in [5.41, 5.74) is 3.41. The van der Waals surface area contributed by atoms with Crippen LogP contribution in [0.25, 0.3) is 16.9 Å². The second kappa shape index (κ2) is 10.1. The number of piperidine rings is 1. The summed E-state index contributed by atoms with van der Waals surface area (Å²) in [6, 6.07) is 9.25. The fourth-order valence-corrected chi connectivity index (χ4v) is 4.98. The van der Waals surface area contributed by atoms with Crippen molar-refractivity contribution < 1.29 is 0 Å². The first-order valence-electron chi connectivity index (χ1n) is 12.7. The standard InChI is InChI=1S/C27H32N8O2/c1-5-14-33-26(37)22-16-29-27(30-20-6-7-21(18(4)15-20)19-10-12-28-13-11-19)31-25(22)35(33)23-8-9-24(36)34(32-23)17(2)3/h5-9,15-17,19,28H,1,10-14H2,2-4H3,(H,29,30,31). The number of aryl methyl sites for hydroxylation is 1. The minimum atomic E-state index is -0.257. The number of aromatic nitrogens is 6. The molecule has 1 fully saturated rings. The number of hydrogen-bond donors (Lipinski definition) is 2. The highest BCUT2D eigenvalue weighted by Gasteiger charge is 2.20. The zero-order valence-electron chi connectivity index (χ0n) is 21.4. The molecule has 1 aromatic carbocycles. The van der Waals surface area contributed by atoms with Crippen molar-refractivity contribution >= 4 is 22.7 Å². The molecule has 4 heterocycles. The Morgan fingerprint density at radius 2 is 1.97 bits per heavy atom. The Hall–Kier alpha value is -4.05. The lowest BCUT2D eigenvalue weighted by molar-refractivity contribution is 0.459. The molecule has 0 atom stereocenters. The predicted octanol–water partition coefficient (Wildman–Crippen LogP) is 3.42. The minimum absolute atomic E-state index is 0.142. The van der Waals surface area contributed by atoms with Crippen molar-refractivity contribution in [1.29, 1.82) is 0 Å². The summed E-state index contributed by atoms with van der Waals surface area (Å²) >= 11 is 0. The summed E-state index contributed by atoms with van der Waals surface area (Å²) in [5.74, 6) is 1.35. The van der Waals surface area contributed by atoms with Crippen LogP contribution in [0.2, 0.25) is 0 Å². The first-order chi connectivity index (χ1) is 17.9. The molecule has 0 bridgehead atoms. The Labute approximate surface area is 214 Å². The van der Waals surface area contributed by atoms with Crippen LogP contribution < -0.4 is 21.8 Å². The first kappa shape index (κ1) is 24.6. The third kappa shape index (κ3) is 4.72. The van der Waals surface area contributed by atoms with Gasteiger partial charge >= 0.3 is 0 Å². The molecule has 0 radical (unpaired) electrons. The maximum Gasteiger partial charge on any atom is 0.278 e. The van der Waals surface area contributed by atoms with E-state index < -0.39 is 0 Å². The molecule has 0 unspecified atom stereocenters. The summed E-state index contributed by atoms with van der Waals surface area (Å²) < 4.78 is 4.50.